The van der Waals surface area contributed by atoms with Gasteiger partial charge in [0.25, 0.3) is 0 Å². The predicted molar refractivity (Wildman–Crippen MR) is 73.9 cm³/mol. The fraction of sp³-hybridized carbons (Fsp3) is 0.125. The molecule has 0 aliphatic rings. The molecule has 0 radical (unpaired) electrons. The van der Waals surface area contributed by atoms with Crippen LogP contribution in [0.1, 0.15) is 26.3 Å². The number of hydrogen-bond acceptors (Lipinski definition) is 4. The molecule has 0 atom stereocenters. The highest BCUT2D eigenvalue weighted by atomic mass is 19.1. The Hall–Kier alpha value is -2.69. The maximum absolute atomic E-state index is 14.1. The second-order valence-corrected chi connectivity index (χ2v) is 4.22. The Morgan fingerprint density at radius 2 is 1.90 bits per heavy atom. The van der Waals surface area contributed by atoms with Crippen LogP contribution in [0.2, 0.25) is 0 Å². The molecule has 0 saturated carbocycles. The first kappa shape index (κ1) is 14.7. The summed E-state index contributed by atoms with van der Waals surface area (Å²) < 4.78 is 24.0. The van der Waals surface area contributed by atoms with Crippen molar-refractivity contribution in [2.24, 2.45) is 0 Å². The van der Waals surface area contributed by atoms with Crippen molar-refractivity contribution >= 4 is 12.3 Å². The van der Waals surface area contributed by atoms with Crippen molar-refractivity contribution in [2.45, 2.75) is 6.61 Å². The van der Waals surface area contributed by atoms with Gasteiger partial charge in [-0.05, 0) is 17.7 Å². The number of halogens is 1. The number of benzene rings is 2. The van der Waals surface area contributed by atoms with Crippen LogP contribution in [-0.4, -0.2) is 19.4 Å². The number of esters is 1. The third kappa shape index (κ3) is 3.25. The molecule has 5 heteroatoms. The Morgan fingerprint density at radius 3 is 2.52 bits per heavy atom. The van der Waals surface area contributed by atoms with Gasteiger partial charge in [0.05, 0.1) is 18.2 Å². The first-order chi connectivity index (χ1) is 10.2. The van der Waals surface area contributed by atoms with Gasteiger partial charge in [0.1, 0.15) is 12.4 Å². The van der Waals surface area contributed by atoms with Crippen molar-refractivity contribution < 1.29 is 23.5 Å². The van der Waals surface area contributed by atoms with Crippen LogP contribution in [0.15, 0.2) is 42.5 Å². The number of carbonyl (C=O) groups is 2. The molecule has 0 aromatic heterocycles. The molecule has 4 nitrogen and oxygen atoms in total. The molecule has 0 unspecified atom stereocenters. The lowest BCUT2D eigenvalue weighted by Gasteiger charge is -2.11. The molecule has 0 fully saturated rings. The van der Waals surface area contributed by atoms with Gasteiger partial charge in [-0.3, -0.25) is 4.79 Å². The van der Waals surface area contributed by atoms with Crippen LogP contribution in [-0.2, 0) is 11.3 Å². The fourth-order valence-corrected chi connectivity index (χ4v) is 1.81. The van der Waals surface area contributed by atoms with E-state index < -0.39 is 11.8 Å². The zero-order valence-corrected chi connectivity index (χ0v) is 11.3. The molecule has 21 heavy (non-hydrogen) atoms. The van der Waals surface area contributed by atoms with Crippen LogP contribution in [0.3, 0.4) is 0 Å². The molecular weight excluding hydrogens is 275 g/mol. The summed E-state index contributed by atoms with van der Waals surface area (Å²) in [5.74, 6) is -1.70. The number of methoxy groups -OCH3 is 1. The third-order valence-corrected chi connectivity index (χ3v) is 2.90. The van der Waals surface area contributed by atoms with Gasteiger partial charge in [-0.1, -0.05) is 30.3 Å². The molecule has 0 saturated heterocycles. The van der Waals surface area contributed by atoms with Crippen molar-refractivity contribution in [3.8, 4) is 5.75 Å². The highest BCUT2D eigenvalue weighted by Crippen LogP contribution is 2.24. The number of hydrogen-bond donors (Lipinski definition) is 0. The van der Waals surface area contributed by atoms with Crippen LogP contribution in [0.4, 0.5) is 4.39 Å². The lowest BCUT2D eigenvalue weighted by molar-refractivity contribution is 0.0595. The Bertz CT molecular complexity index is 653. The Labute approximate surface area is 121 Å². The van der Waals surface area contributed by atoms with Gasteiger partial charge in [0.2, 0.25) is 0 Å². The average Bonchev–Trinajstić information content (AvgIpc) is 2.53. The van der Waals surface area contributed by atoms with Gasteiger partial charge in [-0.2, -0.15) is 0 Å². The smallest absolute Gasteiger partial charge is 0.340 e. The number of carbonyl (C=O) groups excluding carboxylic acids is 2. The SMILES string of the molecule is COC(=O)c1ccc(OCc2ccccc2)c(C=O)c1F. The predicted octanol–water partition coefficient (Wildman–Crippen LogP) is 3.00. The van der Waals surface area contributed by atoms with Crippen molar-refractivity contribution in [3.63, 3.8) is 0 Å². The number of aldehydes is 1. The summed E-state index contributed by atoms with van der Waals surface area (Å²) >= 11 is 0. The Kier molecular flexibility index (Phi) is 4.66. The van der Waals surface area contributed by atoms with E-state index in [2.05, 4.69) is 4.74 Å². The molecule has 2 rings (SSSR count). The molecule has 0 aliphatic carbocycles. The lowest BCUT2D eigenvalue weighted by atomic mass is 10.1. The van der Waals surface area contributed by atoms with E-state index in [1.54, 1.807) is 0 Å². The molecular formula is C16H13FO4. The monoisotopic (exact) mass is 288 g/mol. The summed E-state index contributed by atoms with van der Waals surface area (Å²) in [5, 5.41) is 0. The van der Waals surface area contributed by atoms with E-state index >= 15 is 0 Å². The molecule has 0 bridgehead atoms. The molecule has 0 spiro atoms. The summed E-state index contributed by atoms with van der Waals surface area (Å²) in [4.78, 5) is 22.4. The summed E-state index contributed by atoms with van der Waals surface area (Å²) in [5.41, 5.74) is 0.285. The second-order valence-electron chi connectivity index (χ2n) is 4.22. The summed E-state index contributed by atoms with van der Waals surface area (Å²) in [6.45, 7) is 0.193. The zero-order valence-electron chi connectivity index (χ0n) is 11.3. The van der Waals surface area contributed by atoms with Gasteiger partial charge in [-0.15, -0.1) is 0 Å². The maximum Gasteiger partial charge on any atom is 0.340 e. The Balaban J connectivity index is 2.26. The highest BCUT2D eigenvalue weighted by molar-refractivity contribution is 5.93. The van der Waals surface area contributed by atoms with Gasteiger partial charge in [0, 0.05) is 0 Å². The third-order valence-electron chi connectivity index (χ3n) is 2.90. The number of rotatable bonds is 5. The van der Waals surface area contributed by atoms with Gasteiger partial charge in [-0.25, -0.2) is 9.18 Å². The minimum atomic E-state index is -0.942. The van der Waals surface area contributed by atoms with Crippen molar-refractivity contribution in [3.05, 3.63) is 65.0 Å². The van der Waals surface area contributed by atoms with E-state index in [1.165, 1.54) is 12.1 Å². The minimum Gasteiger partial charge on any atom is -0.488 e. The topological polar surface area (TPSA) is 52.6 Å². The summed E-state index contributed by atoms with van der Waals surface area (Å²) in [7, 11) is 1.14. The molecule has 2 aromatic carbocycles. The van der Waals surface area contributed by atoms with Crippen LogP contribution < -0.4 is 4.74 Å². The van der Waals surface area contributed by atoms with Gasteiger partial charge >= 0.3 is 5.97 Å². The van der Waals surface area contributed by atoms with Crippen LogP contribution >= 0.6 is 0 Å². The van der Waals surface area contributed by atoms with Crippen LogP contribution in [0.25, 0.3) is 0 Å². The summed E-state index contributed by atoms with van der Waals surface area (Å²) in [6, 6.07) is 11.9. The van der Waals surface area contributed by atoms with Crippen molar-refractivity contribution in [1.82, 2.24) is 0 Å². The van der Waals surface area contributed by atoms with Crippen molar-refractivity contribution in [2.75, 3.05) is 7.11 Å². The standard InChI is InChI=1S/C16H13FO4/c1-20-16(19)12-7-8-14(13(9-18)15(12)17)21-10-11-5-3-2-4-6-11/h2-9H,10H2,1H3. The van der Waals surface area contributed by atoms with E-state index in [-0.39, 0.29) is 23.5 Å². The highest BCUT2D eigenvalue weighted by Gasteiger charge is 2.19. The normalized spacial score (nSPS) is 10.0. The fourth-order valence-electron chi connectivity index (χ4n) is 1.81. The second kappa shape index (κ2) is 6.65. The minimum absolute atomic E-state index is 0.0824. The molecule has 108 valence electrons. The van der Waals surface area contributed by atoms with E-state index in [4.69, 9.17) is 4.74 Å². The molecule has 0 heterocycles. The molecule has 0 N–H and O–H groups in total. The largest absolute Gasteiger partial charge is 0.488 e. The maximum atomic E-state index is 14.1. The van der Waals surface area contributed by atoms with E-state index in [0.29, 0.717) is 6.29 Å². The molecule has 2 aromatic rings. The number of ether oxygens (including phenoxy) is 2. The van der Waals surface area contributed by atoms with Gasteiger partial charge in [0.15, 0.2) is 12.1 Å². The van der Waals surface area contributed by atoms with Crippen molar-refractivity contribution in [1.29, 1.82) is 0 Å². The molecule has 0 aliphatic heterocycles. The zero-order chi connectivity index (χ0) is 15.2. The van der Waals surface area contributed by atoms with Gasteiger partial charge < -0.3 is 9.47 Å². The van der Waals surface area contributed by atoms with Crippen LogP contribution in [0.5, 0.6) is 5.75 Å². The van der Waals surface area contributed by atoms with E-state index in [0.717, 1.165) is 12.7 Å². The average molecular weight is 288 g/mol. The Morgan fingerprint density at radius 1 is 1.19 bits per heavy atom. The first-order valence-corrected chi connectivity index (χ1v) is 6.20. The van der Waals surface area contributed by atoms with E-state index in [9.17, 15) is 14.0 Å². The molecule has 0 amide bonds. The quantitative estimate of drug-likeness (QED) is 0.627. The first-order valence-electron chi connectivity index (χ1n) is 6.20. The lowest BCUT2D eigenvalue weighted by Crippen LogP contribution is -2.08. The van der Waals surface area contributed by atoms with Crippen LogP contribution in [0, 0.1) is 5.82 Å². The van der Waals surface area contributed by atoms with E-state index in [1.807, 2.05) is 30.3 Å². The summed E-state index contributed by atoms with van der Waals surface area (Å²) in [6.07, 6.45) is 0.322.